The maximum atomic E-state index is 11.3. The molecule has 5 heteroatoms. The van der Waals surface area contributed by atoms with Crippen molar-refractivity contribution >= 4 is 23.4 Å². The third-order valence-electron chi connectivity index (χ3n) is 3.64. The fraction of sp³-hybridized carbons (Fsp3) is 0.211. The number of amides is 1. The van der Waals surface area contributed by atoms with Gasteiger partial charge in [0, 0.05) is 37.6 Å². The Morgan fingerprint density at radius 3 is 2.25 bits per heavy atom. The number of hydrogen-bond donors (Lipinski definition) is 3. The van der Waals surface area contributed by atoms with Crippen LogP contribution < -0.4 is 15.7 Å². The topological polar surface area (TPSA) is 64.6 Å². The van der Waals surface area contributed by atoms with Crippen LogP contribution in [0.25, 0.3) is 6.08 Å². The Morgan fingerprint density at radius 1 is 1.08 bits per heavy atom. The summed E-state index contributed by atoms with van der Waals surface area (Å²) in [6, 6.07) is 15.3. The summed E-state index contributed by atoms with van der Waals surface area (Å²) < 4.78 is 0. The van der Waals surface area contributed by atoms with Gasteiger partial charge in [0.1, 0.15) is 0 Å². The highest BCUT2D eigenvalue weighted by molar-refractivity contribution is 5.93. The molecule has 0 bridgehead atoms. The van der Waals surface area contributed by atoms with E-state index in [1.54, 1.807) is 17.6 Å². The van der Waals surface area contributed by atoms with Crippen LogP contribution in [0.2, 0.25) is 0 Å². The van der Waals surface area contributed by atoms with Gasteiger partial charge in [-0.05, 0) is 48.9 Å². The molecule has 2 aromatic rings. The molecule has 0 aliphatic carbocycles. The number of nitrogens with zero attached hydrogens (tertiary/aromatic N) is 1. The summed E-state index contributed by atoms with van der Waals surface area (Å²) in [5.74, 6) is -0.509. The van der Waals surface area contributed by atoms with Crippen molar-refractivity contribution in [1.29, 1.82) is 0 Å². The molecule has 0 aliphatic rings. The molecule has 0 heterocycles. The molecule has 0 saturated carbocycles. The van der Waals surface area contributed by atoms with Crippen molar-refractivity contribution in [3.05, 3.63) is 65.2 Å². The lowest BCUT2D eigenvalue weighted by Crippen LogP contribution is -2.18. The van der Waals surface area contributed by atoms with Crippen LogP contribution in [0.3, 0.4) is 0 Å². The van der Waals surface area contributed by atoms with E-state index in [1.807, 2.05) is 26.2 Å². The van der Waals surface area contributed by atoms with Crippen molar-refractivity contribution in [2.24, 2.45) is 0 Å². The van der Waals surface area contributed by atoms with E-state index in [0.29, 0.717) is 5.56 Å². The Labute approximate surface area is 142 Å². The lowest BCUT2D eigenvalue weighted by Gasteiger charge is -2.13. The van der Waals surface area contributed by atoms with Gasteiger partial charge in [-0.2, -0.15) is 0 Å². The smallest absolute Gasteiger partial charge is 0.274 e. The SMILES string of the molecule is C/C(=C\c1ccc(C(=O)NO)cc1)CNc1ccc(N(C)C)cc1. The second kappa shape index (κ2) is 8.17. The lowest BCUT2D eigenvalue weighted by atomic mass is 10.1. The number of nitrogens with one attached hydrogen (secondary N) is 2. The zero-order valence-corrected chi connectivity index (χ0v) is 14.2. The normalized spacial score (nSPS) is 11.1. The average molecular weight is 325 g/mol. The zero-order chi connectivity index (χ0) is 17.5. The first-order valence-corrected chi connectivity index (χ1v) is 7.72. The zero-order valence-electron chi connectivity index (χ0n) is 14.2. The summed E-state index contributed by atoms with van der Waals surface area (Å²) in [4.78, 5) is 13.3. The monoisotopic (exact) mass is 325 g/mol. The largest absolute Gasteiger partial charge is 0.381 e. The maximum absolute atomic E-state index is 11.3. The quantitative estimate of drug-likeness (QED) is 0.563. The van der Waals surface area contributed by atoms with Crippen molar-refractivity contribution in [3.63, 3.8) is 0 Å². The fourth-order valence-corrected chi connectivity index (χ4v) is 2.25. The van der Waals surface area contributed by atoms with Gasteiger partial charge in [-0.3, -0.25) is 10.0 Å². The van der Waals surface area contributed by atoms with Gasteiger partial charge in [0.15, 0.2) is 0 Å². The van der Waals surface area contributed by atoms with Crippen molar-refractivity contribution < 1.29 is 10.0 Å². The maximum Gasteiger partial charge on any atom is 0.274 e. The van der Waals surface area contributed by atoms with Crippen LogP contribution in [0.4, 0.5) is 11.4 Å². The number of anilines is 2. The number of rotatable bonds is 6. The first-order valence-electron chi connectivity index (χ1n) is 7.72. The first kappa shape index (κ1) is 17.6. The standard InChI is InChI=1S/C19H23N3O2/c1-14(12-15-4-6-16(7-5-15)19(23)21-24)13-20-17-8-10-18(11-9-17)22(2)3/h4-12,20,24H,13H2,1-3H3,(H,21,23)/b14-12+. The summed E-state index contributed by atoms with van der Waals surface area (Å²) in [6.07, 6.45) is 2.06. The molecule has 2 aromatic carbocycles. The Balaban J connectivity index is 1.95. The summed E-state index contributed by atoms with van der Waals surface area (Å²) in [6.45, 7) is 2.79. The molecular weight excluding hydrogens is 302 g/mol. The molecule has 0 atom stereocenters. The van der Waals surface area contributed by atoms with Crippen LogP contribution in [0.15, 0.2) is 54.1 Å². The number of hydroxylamine groups is 1. The number of hydrogen-bond acceptors (Lipinski definition) is 4. The van der Waals surface area contributed by atoms with Crippen LogP contribution >= 0.6 is 0 Å². The third kappa shape index (κ3) is 4.86. The highest BCUT2D eigenvalue weighted by Crippen LogP contribution is 2.16. The van der Waals surface area contributed by atoms with Crippen LogP contribution in [0.5, 0.6) is 0 Å². The molecule has 0 unspecified atom stereocenters. The van der Waals surface area contributed by atoms with E-state index in [0.717, 1.165) is 17.8 Å². The predicted molar refractivity (Wildman–Crippen MR) is 98.6 cm³/mol. The van der Waals surface area contributed by atoms with E-state index in [1.165, 1.54) is 11.3 Å². The summed E-state index contributed by atoms with van der Waals surface area (Å²) in [7, 11) is 4.04. The molecular formula is C19H23N3O2. The molecule has 0 aromatic heterocycles. The van der Waals surface area contributed by atoms with E-state index in [9.17, 15) is 4.79 Å². The second-order valence-electron chi connectivity index (χ2n) is 5.85. The minimum Gasteiger partial charge on any atom is -0.381 e. The van der Waals surface area contributed by atoms with E-state index in [4.69, 9.17) is 5.21 Å². The molecule has 0 fully saturated rings. The lowest BCUT2D eigenvalue weighted by molar-refractivity contribution is 0.0706. The van der Waals surface area contributed by atoms with Crippen molar-refractivity contribution in [1.82, 2.24) is 5.48 Å². The van der Waals surface area contributed by atoms with Gasteiger partial charge >= 0.3 is 0 Å². The van der Waals surface area contributed by atoms with Gasteiger partial charge in [-0.25, -0.2) is 5.48 Å². The first-order chi connectivity index (χ1) is 11.5. The average Bonchev–Trinajstić information content (AvgIpc) is 2.60. The molecule has 0 saturated heterocycles. The summed E-state index contributed by atoms with van der Waals surface area (Å²) >= 11 is 0. The Bertz CT molecular complexity index is 704. The number of benzene rings is 2. The van der Waals surface area contributed by atoms with Gasteiger partial charge in [-0.15, -0.1) is 0 Å². The van der Waals surface area contributed by atoms with Gasteiger partial charge in [0.25, 0.3) is 5.91 Å². The molecule has 0 spiro atoms. The van der Waals surface area contributed by atoms with Gasteiger partial charge < -0.3 is 10.2 Å². The molecule has 1 amide bonds. The Morgan fingerprint density at radius 2 is 1.71 bits per heavy atom. The highest BCUT2D eigenvalue weighted by Gasteiger charge is 2.02. The van der Waals surface area contributed by atoms with Gasteiger partial charge in [0.2, 0.25) is 0 Å². The number of carbonyl (C=O) groups excluding carboxylic acids is 1. The molecule has 0 aliphatic heterocycles. The van der Waals surface area contributed by atoms with E-state index >= 15 is 0 Å². The van der Waals surface area contributed by atoms with E-state index < -0.39 is 5.91 Å². The Hall–Kier alpha value is -2.79. The third-order valence-corrected chi connectivity index (χ3v) is 3.64. The minimum atomic E-state index is -0.509. The molecule has 24 heavy (non-hydrogen) atoms. The molecule has 0 radical (unpaired) electrons. The summed E-state index contributed by atoms with van der Waals surface area (Å²) in [5.41, 5.74) is 6.46. The molecule has 3 N–H and O–H groups in total. The molecule has 5 nitrogen and oxygen atoms in total. The van der Waals surface area contributed by atoms with Crippen molar-refractivity contribution in [3.8, 4) is 0 Å². The molecule has 126 valence electrons. The summed E-state index contributed by atoms with van der Waals surface area (Å²) in [5, 5.41) is 12.0. The van der Waals surface area contributed by atoms with Crippen molar-refractivity contribution in [2.75, 3.05) is 30.9 Å². The highest BCUT2D eigenvalue weighted by atomic mass is 16.5. The second-order valence-corrected chi connectivity index (χ2v) is 5.85. The fourth-order valence-electron chi connectivity index (χ4n) is 2.25. The van der Waals surface area contributed by atoms with Crippen LogP contribution in [0, 0.1) is 0 Å². The molecule has 2 rings (SSSR count). The predicted octanol–water partition coefficient (Wildman–Crippen LogP) is 3.39. The van der Waals surface area contributed by atoms with Gasteiger partial charge in [-0.1, -0.05) is 23.8 Å². The van der Waals surface area contributed by atoms with Crippen LogP contribution in [-0.4, -0.2) is 31.8 Å². The van der Waals surface area contributed by atoms with E-state index in [2.05, 4.69) is 47.5 Å². The Kier molecular flexibility index (Phi) is 5.98. The van der Waals surface area contributed by atoms with Crippen molar-refractivity contribution in [2.45, 2.75) is 6.92 Å². The minimum absolute atomic E-state index is 0.423. The van der Waals surface area contributed by atoms with Crippen LogP contribution in [0.1, 0.15) is 22.8 Å². The number of carbonyl (C=O) groups is 1. The van der Waals surface area contributed by atoms with E-state index in [-0.39, 0.29) is 0 Å². The van der Waals surface area contributed by atoms with Gasteiger partial charge in [0.05, 0.1) is 0 Å². The van der Waals surface area contributed by atoms with Crippen LogP contribution in [-0.2, 0) is 0 Å².